The second-order valence-corrected chi connectivity index (χ2v) is 8.19. The number of likely N-dealkylation sites (N-methyl/N-ethyl adjacent to an activating group) is 1. The summed E-state index contributed by atoms with van der Waals surface area (Å²) in [6.07, 6.45) is 0. The molecule has 6 nitrogen and oxygen atoms in total. The summed E-state index contributed by atoms with van der Waals surface area (Å²) >= 11 is 0. The van der Waals surface area contributed by atoms with Gasteiger partial charge in [-0.2, -0.15) is 0 Å². The van der Waals surface area contributed by atoms with Crippen LogP contribution in [0.3, 0.4) is 0 Å². The lowest BCUT2D eigenvalue weighted by Gasteiger charge is -2.23. The Balaban J connectivity index is 1.49. The minimum Gasteiger partial charge on any atom is -0.489 e. The molecule has 2 amide bonds. The molecule has 33 heavy (non-hydrogen) atoms. The number of nitrogens with zero attached hydrogens (tertiary/aromatic N) is 1. The number of anilines is 2. The maximum atomic E-state index is 12.7. The smallest absolute Gasteiger partial charge is 0.241 e. The number of aryl methyl sites for hydroxylation is 2. The number of carbonyl (C=O) groups is 2. The number of hydrogen-bond donors (Lipinski definition) is 2. The molecule has 0 heterocycles. The Morgan fingerprint density at radius 1 is 0.879 bits per heavy atom. The lowest BCUT2D eigenvalue weighted by Crippen LogP contribution is -2.43. The average molecular weight is 446 g/mol. The van der Waals surface area contributed by atoms with E-state index in [1.165, 1.54) is 0 Å². The van der Waals surface area contributed by atoms with Gasteiger partial charge in [-0.25, -0.2) is 0 Å². The van der Waals surface area contributed by atoms with Crippen LogP contribution in [0.15, 0.2) is 72.8 Å². The Kier molecular flexibility index (Phi) is 8.22. The largest absolute Gasteiger partial charge is 0.489 e. The van der Waals surface area contributed by atoms with Crippen LogP contribution in [0.1, 0.15) is 23.6 Å². The maximum Gasteiger partial charge on any atom is 0.241 e. The quantitative estimate of drug-likeness (QED) is 0.497. The minimum absolute atomic E-state index is 0.106. The van der Waals surface area contributed by atoms with Crippen molar-refractivity contribution in [1.29, 1.82) is 0 Å². The molecule has 0 aliphatic rings. The first kappa shape index (κ1) is 24.0. The zero-order valence-electron chi connectivity index (χ0n) is 19.6. The van der Waals surface area contributed by atoms with Crippen molar-refractivity contribution in [3.63, 3.8) is 0 Å². The SMILES string of the molecule is Cc1cccc(C)c1NC(=O)CN(C)C(C)C(=O)Nc1ccc(OCc2ccccc2)cc1. The summed E-state index contributed by atoms with van der Waals surface area (Å²) in [6, 6.07) is 22.6. The molecule has 0 aromatic heterocycles. The molecule has 0 fully saturated rings. The van der Waals surface area contributed by atoms with Gasteiger partial charge in [0.1, 0.15) is 12.4 Å². The van der Waals surface area contributed by atoms with Gasteiger partial charge < -0.3 is 15.4 Å². The number of para-hydroxylation sites is 1. The number of carbonyl (C=O) groups excluding carboxylic acids is 2. The number of rotatable bonds is 9. The molecule has 2 N–H and O–H groups in total. The molecule has 0 radical (unpaired) electrons. The lowest BCUT2D eigenvalue weighted by molar-refractivity contribution is -0.122. The first-order valence-corrected chi connectivity index (χ1v) is 11.0. The second kappa shape index (κ2) is 11.3. The Bertz CT molecular complexity index is 1060. The van der Waals surface area contributed by atoms with E-state index in [1.54, 1.807) is 31.0 Å². The predicted octanol–water partition coefficient (Wildman–Crippen LogP) is 4.78. The minimum atomic E-state index is -0.484. The van der Waals surface area contributed by atoms with Gasteiger partial charge in [0.25, 0.3) is 0 Å². The van der Waals surface area contributed by atoms with E-state index < -0.39 is 6.04 Å². The van der Waals surface area contributed by atoms with Gasteiger partial charge in [-0.1, -0.05) is 48.5 Å². The third kappa shape index (κ3) is 6.92. The van der Waals surface area contributed by atoms with Crippen LogP contribution in [0.5, 0.6) is 5.75 Å². The van der Waals surface area contributed by atoms with Gasteiger partial charge in [-0.3, -0.25) is 14.5 Å². The molecular weight excluding hydrogens is 414 g/mol. The van der Waals surface area contributed by atoms with E-state index in [2.05, 4.69) is 10.6 Å². The van der Waals surface area contributed by atoms with Gasteiger partial charge in [0.15, 0.2) is 0 Å². The topological polar surface area (TPSA) is 70.7 Å². The van der Waals surface area contributed by atoms with E-state index in [1.807, 2.05) is 74.5 Å². The molecule has 0 spiro atoms. The molecule has 6 heteroatoms. The summed E-state index contributed by atoms with van der Waals surface area (Å²) in [5.41, 5.74) is 4.60. The average Bonchev–Trinajstić information content (AvgIpc) is 2.81. The summed E-state index contributed by atoms with van der Waals surface area (Å²) in [4.78, 5) is 26.9. The Morgan fingerprint density at radius 3 is 2.15 bits per heavy atom. The van der Waals surface area contributed by atoms with Gasteiger partial charge in [-0.05, 0) is 68.8 Å². The highest BCUT2D eigenvalue weighted by Crippen LogP contribution is 2.20. The fraction of sp³-hybridized carbons (Fsp3) is 0.259. The van der Waals surface area contributed by atoms with E-state index in [9.17, 15) is 9.59 Å². The molecule has 0 saturated heterocycles. The van der Waals surface area contributed by atoms with Crippen molar-refractivity contribution in [3.05, 3.63) is 89.5 Å². The standard InChI is InChI=1S/C27H31N3O3/c1-19-9-8-10-20(2)26(19)29-25(31)17-30(4)21(3)27(32)28-23-13-15-24(16-14-23)33-18-22-11-6-5-7-12-22/h5-16,21H,17-18H2,1-4H3,(H,28,32)(H,29,31). The second-order valence-electron chi connectivity index (χ2n) is 8.19. The highest BCUT2D eigenvalue weighted by molar-refractivity contribution is 5.96. The summed E-state index contributed by atoms with van der Waals surface area (Å²) in [7, 11) is 1.76. The molecule has 0 saturated carbocycles. The van der Waals surface area contributed by atoms with E-state index in [0.717, 1.165) is 28.1 Å². The van der Waals surface area contributed by atoms with Crippen molar-refractivity contribution < 1.29 is 14.3 Å². The normalized spacial score (nSPS) is 11.7. The summed E-state index contributed by atoms with van der Waals surface area (Å²) in [5.74, 6) is 0.384. The number of nitrogens with one attached hydrogen (secondary N) is 2. The van der Waals surface area contributed by atoms with Crippen LogP contribution in [0, 0.1) is 13.8 Å². The highest BCUT2D eigenvalue weighted by Gasteiger charge is 2.21. The number of hydrogen-bond acceptors (Lipinski definition) is 4. The van der Waals surface area contributed by atoms with Gasteiger partial charge in [0.05, 0.1) is 12.6 Å². The fourth-order valence-corrected chi connectivity index (χ4v) is 3.38. The summed E-state index contributed by atoms with van der Waals surface area (Å²) in [6.45, 7) is 6.28. The molecule has 3 aromatic carbocycles. The summed E-state index contributed by atoms with van der Waals surface area (Å²) < 4.78 is 5.78. The zero-order valence-corrected chi connectivity index (χ0v) is 19.6. The maximum absolute atomic E-state index is 12.7. The van der Waals surface area contributed by atoms with Crippen molar-refractivity contribution in [1.82, 2.24) is 4.90 Å². The highest BCUT2D eigenvalue weighted by atomic mass is 16.5. The van der Waals surface area contributed by atoms with Crippen molar-refractivity contribution >= 4 is 23.2 Å². The molecule has 3 aromatic rings. The summed E-state index contributed by atoms with van der Waals surface area (Å²) in [5, 5.41) is 5.85. The number of amides is 2. The first-order valence-electron chi connectivity index (χ1n) is 11.0. The number of ether oxygens (including phenoxy) is 1. The van der Waals surface area contributed by atoms with Crippen molar-refractivity contribution in [2.45, 2.75) is 33.4 Å². The predicted molar refractivity (Wildman–Crippen MR) is 132 cm³/mol. The van der Waals surface area contributed by atoms with Crippen LogP contribution in [-0.2, 0) is 16.2 Å². The zero-order chi connectivity index (χ0) is 23.8. The van der Waals surface area contributed by atoms with Crippen LogP contribution in [0.2, 0.25) is 0 Å². The Labute approximate surface area is 195 Å². The van der Waals surface area contributed by atoms with Crippen LogP contribution in [0.4, 0.5) is 11.4 Å². The van der Waals surface area contributed by atoms with Crippen LogP contribution in [0.25, 0.3) is 0 Å². The van der Waals surface area contributed by atoms with Gasteiger partial charge in [0.2, 0.25) is 11.8 Å². The van der Waals surface area contributed by atoms with Gasteiger partial charge >= 0.3 is 0 Å². The Hall–Kier alpha value is -3.64. The molecule has 1 unspecified atom stereocenters. The third-order valence-electron chi connectivity index (χ3n) is 5.55. The van der Waals surface area contributed by atoms with Crippen molar-refractivity contribution in [3.8, 4) is 5.75 Å². The third-order valence-corrected chi connectivity index (χ3v) is 5.55. The molecule has 0 aliphatic heterocycles. The van der Waals surface area contributed by atoms with Crippen LogP contribution in [-0.4, -0.2) is 36.3 Å². The Morgan fingerprint density at radius 2 is 1.52 bits per heavy atom. The van der Waals surface area contributed by atoms with Gasteiger partial charge in [-0.15, -0.1) is 0 Å². The lowest BCUT2D eigenvalue weighted by atomic mass is 10.1. The van der Waals surface area contributed by atoms with E-state index in [0.29, 0.717) is 12.3 Å². The van der Waals surface area contributed by atoms with E-state index >= 15 is 0 Å². The molecule has 172 valence electrons. The van der Waals surface area contributed by atoms with Crippen molar-refractivity contribution in [2.24, 2.45) is 0 Å². The molecule has 3 rings (SSSR count). The molecular formula is C27H31N3O3. The number of benzene rings is 3. The monoisotopic (exact) mass is 445 g/mol. The van der Waals surface area contributed by atoms with Crippen LogP contribution < -0.4 is 15.4 Å². The van der Waals surface area contributed by atoms with E-state index in [4.69, 9.17) is 4.74 Å². The molecule has 0 aliphatic carbocycles. The fourth-order valence-electron chi connectivity index (χ4n) is 3.38. The van der Waals surface area contributed by atoms with E-state index in [-0.39, 0.29) is 18.4 Å². The van der Waals surface area contributed by atoms with Gasteiger partial charge in [0, 0.05) is 11.4 Å². The van der Waals surface area contributed by atoms with Crippen LogP contribution >= 0.6 is 0 Å². The first-order chi connectivity index (χ1) is 15.8. The molecule has 1 atom stereocenters. The van der Waals surface area contributed by atoms with Crippen molar-refractivity contribution in [2.75, 3.05) is 24.2 Å². The molecule has 0 bridgehead atoms.